The third-order valence-corrected chi connectivity index (χ3v) is 10.3. The van der Waals surface area contributed by atoms with E-state index in [0.717, 1.165) is 4.57 Å². The number of halogens is 4. The molecule has 42 heavy (non-hydrogen) atoms. The average molecular weight is 649 g/mol. The van der Waals surface area contributed by atoms with Crippen molar-refractivity contribution in [2.75, 3.05) is 7.11 Å². The summed E-state index contributed by atoms with van der Waals surface area (Å²) in [5.74, 6) is -2.62. The second-order valence-corrected chi connectivity index (χ2v) is 12.2. The summed E-state index contributed by atoms with van der Waals surface area (Å²) in [5, 5.41) is 8.93. The summed E-state index contributed by atoms with van der Waals surface area (Å²) < 4.78 is 8.74. The smallest absolute Gasteiger partial charge is 0.352 e. The number of phenolic OH excluding ortho intramolecular Hbond substituents is 1. The number of aromatic hydroxyl groups is 1. The zero-order valence-corrected chi connectivity index (χ0v) is 24.8. The lowest BCUT2D eigenvalue weighted by Crippen LogP contribution is -2.67. The fourth-order valence-corrected chi connectivity index (χ4v) is 7.50. The van der Waals surface area contributed by atoms with E-state index in [4.69, 9.17) is 51.1 Å². The molecule has 6 rings (SSSR count). The summed E-state index contributed by atoms with van der Waals surface area (Å²) in [5.41, 5.74) is 0.208. The first-order valence-electron chi connectivity index (χ1n) is 12.7. The Kier molecular flexibility index (Phi) is 6.85. The highest BCUT2D eigenvalue weighted by molar-refractivity contribution is 6.66. The molecule has 2 heterocycles. The summed E-state index contributed by atoms with van der Waals surface area (Å²) in [7, 11) is 1.40. The van der Waals surface area contributed by atoms with Gasteiger partial charge in [0.15, 0.2) is 23.1 Å². The molecule has 2 aromatic carbocycles. The van der Waals surface area contributed by atoms with Gasteiger partial charge in [0.2, 0.25) is 0 Å². The predicted octanol–water partition coefficient (Wildman–Crippen LogP) is 4.53. The molecule has 4 unspecified atom stereocenters. The van der Waals surface area contributed by atoms with Crippen LogP contribution in [-0.2, 0) is 16.1 Å². The molecule has 0 bridgehead atoms. The quantitative estimate of drug-likeness (QED) is 0.329. The number of methoxy groups -OCH3 is 1. The van der Waals surface area contributed by atoms with Crippen LogP contribution in [0.15, 0.2) is 85.9 Å². The van der Waals surface area contributed by atoms with Crippen molar-refractivity contribution in [3.05, 3.63) is 103 Å². The van der Waals surface area contributed by atoms with Crippen molar-refractivity contribution in [1.82, 2.24) is 13.9 Å². The summed E-state index contributed by atoms with van der Waals surface area (Å²) in [6, 6.07) is 12.1. The Morgan fingerprint density at radius 1 is 0.976 bits per heavy atom. The Morgan fingerprint density at radius 3 is 2.36 bits per heavy atom. The molecule has 1 fully saturated rings. The number of benzene rings is 2. The number of fused-ring (bicyclic) bond motifs is 4. The van der Waals surface area contributed by atoms with Crippen LogP contribution in [0.3, 0.4) is 0 Å². The maximum atomic E-state index is 13.8. The number of rotatable bonds is 4. The number of ketones is 2. The van der Waals surface area contributed by atoms with Gasteiger partial charge in [-0.1, -0.05) is 65.7 Å². The van der Waals surface area contributed by atoms with Crippen molar-refractivity contribution in [2.24, 2.45) is 5.92 Å². The molecule has 0 amide bonds. The molecule has 0 saturated heterocycles. The predicted molar refractivity (Wildman–Crippen MR) is 159 cm³/mol. The number of hydrogen-bond acceptors (Lipinski definition) is 6. The Labute approximate surface area is 258 Å². The van der Waals surface area contributed by atoms with E-state index in [0.29, 0.717) is 16.8 Å². The number of carbonyl (C=O) groups is 2. The van der Waals surface area contributed by atoms with Gasteiger partial charge in [0.1, 0.15) is 19.8 Å². The number of hydrogen-bond donors (Lipinski definition) is 1. The molecule has 9 nitrogen and oxygen atoms in total. The minimum absolute atomic E-state index is 0.00810. The number of phenols is 1. The molecule has 3 aromatic rings. The van der Waals surface area contributed by atoms with Gasteiger partial charge >= 0.3 is 11.4 Å². The molecule has 3 aliphatic rings. The summed E-state index contributed by atoms with van der Waals surface area (Å²) in [6.45, 7) is -0.00810. The van der Waals surface area contributed by atoms with Crippen LogP contribution in [-0.4, -0.2) is 47.5 Å². The zero-order valence-electron chi connectivity index (χ0n) is 21.8. The molecule has 0 spiro atoms. The molecule has 1 aliphatic heterocycles. The van der Waals surface area contributed by atoms with Gasteiger partial charge in [-0.25, -0.2) is 23.5 Å². The van der Waals surface area contributed by atoms with Gasteiger partial charge in [-0.3, -0.25) is 9.59 Å². The molecule has 216 valence electrons. The number of ether oxygens (including phenoxy) is 1. The van der Waals surface area contributed by atoms with Crippen molar-refractivity contribution < 1.29 is 19.4 Å². The topological polar surface area (TPSA) is 113 Å². The van der Waals surface area contributed by atoms with Crippen LogP contribution in [0.5, 0.6) is 11.5 Å². The maximum Gasteiger partial charge on any atom is 0.352 e. The normalized spacial score (nSPS) is 27.0. The average Bonchev–Trinajstić information content (AvgIpc) is 3.25. The van der Waals surface area contributed by atoms with E-state index >= 15 is 0 Å². The molecule has 1 N–H and O–H groups in total. The van der Waals surface area contributed by atoms with Crippen LogP contribution in [0.2, 0.25) is 0 Å². The van der Waals surface area contributed by atoms with Gasteiger partial charge in [-0.2, -0.15) is 0 Å². The summed E-state index contributed by atoms with van der Waals surface area (Å²) in [6.07, 6.45) is 4.61. The monoisotopic (exact) mass is 647 g/mol. The Balaban J connectivity index is 1.57. The van der Waals surface area contributed by atoms with Crippen LogP contribution in [0.4, 0.5) is 0 Å². The zero-order chi connectivity index (χ0) is 30.1. The SMILES string of the molecule is COc1cc(C=CC2C3=CCn4c(=O)n(-c5ccccc5)c(=O)n4C3CC3(Cl)C(=O)C(Cl)=C(Cl)C(=O)C23Cl)ccc1O. The van der Waals surface area contributed by atoms with Gasteiger partial charge in [0, 0.05) is 12.3 Å². The largest absolute Gasteiger partial charge is 0.504 e. The van der Waals surface area contributed by atoms with Crippen molar-refractivity contribution in [2.45, 2.75) is 28.8 Å². The third-order valence-electron chi connectivity index (χ3n) is 8.06. The molecular formula is C29H21Cl4N3O6. The Bertz CT molecular complexity index is 1890. The second-order valence-electron chi connectivity index (χ2n) is 10.2. The van der Waals surface area contributed by atoms with Gasteiger partial charge in [0.05, 0.1) is 25.4 Å². The number of para-hydroxylation sites is 1. The fraction of sp³-hybridized carbons (Fsp3) is 0.241. The molecule has 13 heteroatoms. The van der Waals surface area contributed by atoms with Gasteiger partial charge in [-0.05, 0) is 35.4 Å². The number of aromatic nitrogens is 3. The third kappa shape index (κ3) is 3.84. The van der Waals surface area contributed by atoms with Crippen LogP contribution in [0.1, 0.15) is 18.0 Å². The van der Waals surface area contributed by atoms with E-state index in [1.165, 1.54) is 22.5 Å². The van der Waals surface area contributed by atoms with Crippen LogP contribution in [0, 0.1) is 5.92 Å². The van der Waals surface area contributed by atoms with Crippen molar-refractivity contribution in [1.29, 1.82) is 0 Å². The molecular weight excluding hydrogens is 628 g/mol. The van der Waals surface area contributed by atoms with E-state index in [9.17, 15) is 24.3 Å². The van der Waals surface area contributed by atoms with Gasteiger partial charge < -0.3 is 9.84 Å². The Hall–Kier alpha value is -3.50. The second kappa shape index (κ2) is 10.1. The highest BCUT2D eigenvalue weighted by atomic mass is 35.5. The van der Waals surface area contributed by atoms with E-state index < -0.39 is 54.7 Å². The molecule has 1 aromatic heterocycles. The van der Waals surface area contributed by atoms with Gasteiger partial charge in [0.25, 0.3) is 0 Å². The molecule has 0 radical (unpaired) electrons. The van der Waals surface area contributed by atoms with Crippen LogP contribution >= 0.6 is 46.4 Å². The number of carbonyl (C=O) groups excluding carboxylic acids is 2. The van der Waals surface area contributed by atoms with Gasteiger partial charge in [-0.15, -0.1) is 23.2 Å². The number of alkyl halides is 2. The maximum absolute atomic E-state index is 13.8. The minimum Gasteiger partial charge on any atom is -0.504 e. The van der Waals surface area contributed by atoms with Crippen LogP contribution < -0.4 is 16.1 Å². The minimum atomic E-state index is -2.13. The lowest BCUT2D eigenvalue weighted by Gasteiger charge is -2.53. The first-order valence-corrected chi connectivity index (χ1v) is 14.2. The molecule has 2 aliphatic carbocycles. The lowest BCUT2D eigenvalue weighted by molar-refractivity contribution is -0.129. The van der Waals surface area contributed by atoms with E-state index in [2.05, 4.69) is 0 Å². The van der Waals surface area contributed by atoms with Crippen LogP contribution in [0.25, 0.3) is 11.8 Å². The Morgan fingerprint density at radius 2 is 1.67 bits per heavy atom. The van der Waals surface area contributed by atoms with Crippen molar-refractivity contribution >= 4 is 64.0 Å². The molecule has 4 atom stereocenters. The van der Waals surface area contributed by atoms with E-state index in [1.54, 1.807) is 60.7 Å². The number of nitrogens with zero attached hydrogens (tertiary/aromatic N) is 3. The highest BCUT2D eigenvalue weighted by Gasteiger charge is 2.70. The molecule has 1 saturated carbocycles. The number of Topliss-reactive ketones (excluding diaryl/α,β-unsaturated/α-hetero) is 2. The fourth-order valence-electron chi connectivity index (χ4n) is 6.02. The standard InChI is InChI=1S/C29H21Cl4N3O6/c1-42-21-13-15(8-10-20(21)37)7-9-18-17-11-12-34-26(40)35(16-5-3-2-4-6-16)27(41)36(34)19(17)14-28(32)24(38)22(30)23(31)25(39)29(18,28)33/h2-11,13,18-19,37H,12,14H2,1H3. The van der Waals surface area contributed by atoms with E-state index in [1.807, 2.05) is 0 Å². The van der Waals surface area contributed by atoms with E-state index in [-0.39, 0.29) is 24.5 Å². The van der Waals surface area contributed by atoms with Crippen molar-refractivity contribution in [3.8, 4) is 17.2 Å². The summed E-state index contributed by atoms with van der Waals surface area (Å²) in [4.78, 5) is 50.4. The first-order chi connectivity index (χ1) is 20.0. The summed E-state index contributed by atoms with van der Waals surface area (Å²) >= 11 is 26.7. The first kappa shape index (κ1) is 28.6. The van der Waals surface area contributed by atoms with Crippen molar-refractivity contribution in [3.63, 3.8) is 0 Å². The number of allylic oxidation sites excluding steroid dienone is 5. The lowest BCUT2D eigenvalue weighted by atomic mass is 9.60. The highest BCUT2D eigenvalue weighted by Crippen LogP contribution is 2.61.